The zero-order valence-corrected chi connectivity index (χ0v) is 13.2. The predicted molar refractivity (Wildman–Crippen MR) is 80.9 cm³/mol. The molecule has 0 aromatic heterocycles. The second-order valence-corrected chi connectivity index (χ2v) is 5.72. The monoisotopic (exact) mass is 325 g/mol. The highest BCUT2D eigenvalue weighted by Gasteiger charge is 2.29. The van der Waals surface area contributed by atoms with Gasteiger partial charge in [-0.25, -0.2) is 8.78 Å². The summed E-state index contributed by atoms with van der Waals surface area (Å²) in [6.45, 7) is 3.27. The Labute approximate surface area is 134 Å². The number of amides is 1. The van der Waals surface area contributed by atoms with Crippen molar-refractivity contribution in [2.24, 2.45) is 5.92 Å². The number of ether oxygens (including phenoxy) is 1. The number of hydrogen-bond donors (Lipinski definition) is 0. The summed E-state index contributed by atoms with van der Waals surface area (Å²) in [4.78, 5) is 25.7. The van der Waals surface area contributed by atoms with Gasteiger partial charge in [-0.2, -0.15) is 0 Å². The van der Waals surface area contributed by atoms with E-state index in [9.17, 15) is 18.4 Å². The Kier molecular flexibility index (Phi) is 6.07. The highest BCUT2D eigenvalue weighted by atomic mass is 19.2. The van der Waals surface area contributed by atoms with Crippen LogP contribution in [-0.2, 0) is 9.53 Å². The second-order valence-electron chi connectivity index (χ2n) is 5.72. The van der Waals surface area contributed by atoms with E-state index in [2.05, 4.69) is 0 Å². The van der Waals surface area contributed by atoms with E-state index < -0.39 is 11.6 Å². The van der Waals surface area contributed by atoms with Crippen molar-refractivity contribution >= 4 is 11.9 Å². The van der Waals surface area contributed by atoms with E-state index in [0.717, 1.165) is 25.0 Å². The maximum absolute atomic E-state index is 13.2. The Morgan fingerprint density at radius 3 is 2.52 bits per heavy atom. The van der Waals surface area contributed by atoms with Crippen LogP contribution in [-0.4, -0.2) is 36.5 Å². The molecular formula is C17H21F2NO3. The average molecular weight is 325 g/mol. The highest BCUT2D eigenvalue weighted by Crippen LogP contribution is 2.21. The standard InChI is InChI=1S/C17H21F2NO3/c1-2-3-10-23-17(22)12-6-8-20(9-7-12)16(21)13-4-5-14(18)15(19)11-13/h4-5,11-12H,2-3,6-10H2,1H3. The largest absolute Gasteiger partial charge is 0.465 e. The van der Waals surface area contributed by atoms with Crippen LogP contribution in [0.2, 0.25) is 0 Å². The first-order chi connectivity index (χ1) is 11.0. The number of esters is 1. The number of piperidine rings is 1. The van der Waals surface area contributed by atoms with Crippen molar-refractivity contribution in [1.82, 2.24) is 4.90 Å². The van der Waals surface area contributed by atoms with Crippen LogP contribution in [0, 0.1) is 17.6 Å². The number of rotatable bonds is 5. The van der Waals surface area contributed by atoms with Crippen LogP contribution in [0.1, 0.15) is 43.0 Å². The minimum Gasteiger partial charge on any atom is -0.465 e. The number of benzene rings is 1. The zero-order chi connectivity index (χ0) is 16.8. The smallest absolute Gasteiger partial charge is 0.309 e. The van der Waals surface area contributed by atoms with Crippen molar-refractivity contribution in [2.45, 2.75) is 32.6 Å². The van der Waals surface area contributed by atoms with Gasteiger partial charge in [0.05, 0.1) is 12.5 Å². The van der Waals surface area contributed by atoms with Crippen molar-refractivity contribution in [3.05, 3.63) is 35.4 Å². The molecule has 1 amide bonds. The SMILES string of the molecule is CCCCOC(=O)C1CCN(C(=O)c2ccc(F)c(F)c2)CC1. The van der Waals surface area contributed by atoms with Crippen LogP contribution in [0.5, 0.6) is 0 Å². The average Bonchev–Trinajstić information content (AvgIpc) is 2.57. The van der Waals surface area contributed by atoms with E-state index in [1.54, 1.807) is 4.90 Å². The molecule has 4 nitrogen and oxygen atoms in total. The summed E-state index contributed by atoms with van der Waals surface area (Å²) in [7, 11) is 0. The molecule has 1 heterocycles. The molecule has 1 aromatic rings. The Balaban J connectivity index is 1.87. The van der Waals surface area contributed by atoms with E-state index in [1.807, 2.05) is 6.92 Å². The quantitative estimate of drug-likeness (QED) is 0.617. The molecule has 0 saturated carbocycles. The fourth-order valence-electron chi connectivity index (χ4n) is 2.56. The lowest BCUT2D eigenvalue weighted by Gasteiger charge is -2.31. The van der Waals surface area contributed by atoms with Crippen molar-refractivity contribution in [3.8, 4) is 0 Å². The molecule has 1 aromatic carbocycles. The minimum absolute atomic E-state index is 0.118. The molecular weight excluding hydrogens is 304 g/mol. The van der Waals surface area contributed by atoms with Crippen molar-refractivity contribution in [1.29, 1.82) is 0 Å². The summed E-state index contributed by atoms with van der Waals surface area (Å²) < 4.78 is 31.3. The van der Waals surface area contributed by atoms with Crippen LogP contribution in [0.4, 0.5) is 8.78 Å². The van der Waals surface area contributed by atoms with Gasteiger partial charge < -0.3 is 9.64 Å². The zero-order valence-electron chi connectivity index (χ0n) is 13.2. The number of hydrogen-bond acceptors (Lipinski definition) is 3. The maximum atomic E-state index is 13.2. The van der Waals surface area contributed by atoms with Gasteiger partial charge in [-0.15, -0.1) is 0 Å². The van der Waals surface area contributed by atoms with E-state index in [-0.39, 0.29) is 23.4 Å². The number of unbranched alkanes of at least 4 members (excludes halogenated alkanes) is 1. The lowest BCUT2D eigenvalue weighted by Crippen LogP contribution is -2.40. The normalized spacial score (nSPS) is 15.5. The molecule has 23 heavy (non-hydrogen) atoms. The van der Waals surface area contributed by atoms with Gasteiger partial charge in [0.2, 0.25) is 0 Å². The number of nitrogens with zero attached hydrogens (tertiary/aromatic N) is 1. The topological polar surface area (TPSA) is 46.6 Å². The summed E-state index contributed by atoms with van der Waals surface area (Å²) >= 11 is 0. The molecule has 1 saturated heterocycles. The molecule has 2 rings (SSSR count). The predicted octanol–water partition coefficient (Wildman–Crippen LogP) is 3.16. The maximum Gasteiger partial charge on any atom is 0.309 e. The first-order valence-corrected chi connectivity index (χ1v) is 7.94. The van der Waals surface area contributed by atoms with Gasteiger partial charge in [0.15, 0.2) is 11.6 Å². The van der Waals surface area contributed by atoms with Gasteiger partial charge in [-0.3, -0.25) is 9.59 Å². The van der Waals surface area contributed by atoms with Gasteiger partial charge in [-0.05, 0) is 37.5 Å². The Hall–Kier alpha value is -1.98. The van der Waals surface area contributed by atoms with Crippen LogP contribution >= 0.6 is 0 Å². The summed E-state index contributed by atoms with van der Waals surface area (Å²) in [6.07, 6.45) is 2.87. The minimum atomic E-state index is -1.04. The first-order valence-electron chi connectivity index (χ1n) is 7.94. The molecule has 0 unspecified atom stereocenters. The lowest BCUT2D eigenvalue weighted by atomic mass is 9.96. The number of likely N-dealkylation sites (tertiary alicyclic amines) is 1. The number of carbonyl (C=O) groups is 2. The summed E-state index contributed by atoms with van der Waals surface area (Å²) in [5, 5.41) is 0. The van der Waals surface area contributed by atoms with Gasteiger partial charge in [0.25, 0.3) is 5.91 Å². The molecule has 1 fully saturated rings. The summed E-state index contributed by atoms with van der Waals surface area (Å²) in [5.74, 6) is -2.76. The lowest BCUT2D eigenvalue weighted by molar-refractivity contribution is -0.150. The van der Waals surface area contributed by atoms with Gasteiger partial charge >= 0.3 is 5.97 Å². The van der Waals surface area contributed by atoms with E-state index in [4.69, 9.17) is 4.74 Å². The van der Waals surface area contributed by atoms with E-state index in [0.29, 0.717) is 32.5 Å². The molecule has 1 aliphatic rings. The highest BCUT2D eigenvalue weighted by molar-refractivity contribution is 5.94. The fourth-order valence-corrected chi connectivity index (χ4v) is 2.56. The third kappa shape index (κ3) is 4.50. The Bertz CT molecular complexity index is 569. The third-order valence-electron chi connectivity index (χ3n) is 4.02. The molecule has 6 heteroatoms. The molecule has 0 aliphatic carbocycles. The number of carbonyl (C=O) groups excluding carboxylic acids is 2. The molecule has 0 atom stereocenters. The van der Waals surface area contributed by atoms with Gasteiger partial charge in [-0.1, -0.05) is 13.3 Å². The van der Waals surface area contributed by atoms with Crippen LogP contribution < -0.4 is 0 Å². The Morgan fingerprint density at radius 2 is 1.91 bits per heavy atom. The van der Waals surface area contributed by atoms with Crippen molar-refractivity contribution < 1.29 is 23.1 Å². The fraction of sp³-hybridized carbons (Fsp3) is 0.529. The van der Waals surface area contributed by atoms with Crippen LogP contribution in [0.15, 0.2) is 18.2 Å². The first kappa shape index (κ1) is 17.4. The summed E-state index contributed by atoms with van der Waals surface area (Å²) in [5.41, 5.74) is 0.118. The van der Waals surface area contributed by atoms with Crippen LogP contribution in [0.3, 0.4) is 0 Å². The Morgan fingerprint density at radius 1 is 1.22 bits per heavy atom. The van der Waals surface area contributed by atoms with Crippen molar-refractivity contribution in [2.75, 3.05) is 19.7 Å². The van der Waals surface area contributed by atoms with Gasteiger partial charge in [0.1, 0.15) is 0 Å². The second kappa shape index (κ2) is 8.04. The van der Waals surface area contributed by atoms with Gasteiger partial charge in [0, 0.05) is 18.7 Å². The molecule has 126 valence electrons. The van der Waals surface area contributed by atoms with Crippen molar-refractivity contribution in [3.63, 3.8) is 0 Å². The van der Waals surface area contributed by atoms with E-state index in [1.165, 1.54) is 6.07 Å². The number of halogens is 2. The molecule has 0 bridgehead atoms. The molecule has 0 spiro atoms. The van der Waals surface area contributed by atoms with E-state index >= 15 is 0 Å². The molecule has 1 aliphatic heterocycles. The molecule has 0 N–H and O–H groups in total. The third-order valence-corrected chi connectivity index (χ3v) is 4.02. The summed E-state index contributed by atoms with van der Waals surface area (Å²) in [6, 6.07) is 3.12. The molecule has 0 radical (unpaired) electrons. The van der Waals surface area contributed by atoms with Crippen LogP contribution in [0.25, 0.3) is 0 Å².